The van der Waals surface area contributed by atoms with Gasteiger partial charge in [0.05, 0.1) is 4.92 Å². The van der Waals surface area contributed by atoms with Crippen molar-refractivity contribution in [3.8, 4) is 0 Å². The number of benzene rings is 1. The van der Waals surface area contributed by atoms with Gasteiger partial charge in [0, 0.05) is 13.1 Å². The number of amides is 1. The molecule has 2 N–H and O–H groups in total. The molecule has 20 heavy (non-hydrogen) atoms. The van der Waals surface area contributed by atoms with Crippen LogP contribution < -0.4 is 10.6 Å². The van der Waals surface area contributed by atoms with E-state index < -0.39 is 10.8 Å². The summed E-state index contributed by atoms with van der Waals surface area (Å²) in [4.78, 5) is 22.8. The number of nitrogens with zero attached hydrogens (tertiary/aromatic N) is 1. The topological polar surface area (TPSA) is 84.3 Å². The Labute approximate surface area is 118 Å². The zero-order valence-electron chi connectivity index (χ0n) is 12.3. The van der Waals surface area contributed by atoms with E-state index in [0.29, 0.717) is 18.8 Å². The molecule has 0 fully saturated rings. The second kappa shape index (κ2) is 6.36. The summed E-state index contributed by atoms with van der Waals surface area (Å²) < 4.78 is 0. The summed E-state index contributed by atoms with van der Waals surface area (Å²) in [5, 5.41) is 16.8. The van der Waals surface area contributed by atoms with E-state index >= 15 is 0 Å². The average molecular weight is 279 g/mol. The van der Waals surface area contributed by atoms with E-state index in [1.807, 2.05) is 27.7 Å². The summed E-state index contributed by atoms with van der Waals surface area (Å²) in [6, 6.07) is 4.70. The minimum Gasteiger partial charge on any atom is -0.380 e. The first-order valence-corrected chi connectivity index (χ1v) is 6.55. The predicted octanol–water partition coefficient (Wildman–Crippen LogP) is 2.80. The highest BCUT2D eigenvalue weighted by molar-refractivity contribution is 6.00. The minimum absolute atomic E-state index is 0.0796. The minimum atomic E-state index is -0.524. The van der Waals surface area contributed by atoms with Gasteiger partial charge in [-0.3, -0.25) is 14.9 Å². The van der Waals surface area contributed by atoms with Crippen molar-refractivity contribution in [2.75, 3.05) is 18.4 Å². The lowest BCUT2D eigenvalue weighted by Gasteiger charge is -2.18. The quantitative estimate of drug-likeness (QED) is 0.641. The maximum Gasteiger partial charge on any atom is 0.305 e. The fourth-order valence-corrected chi connectivity index (χ4v) is 1.70. The molecule has 0 heterocycles. The number of nitro benzene ring substituents is 1. The van der Waals surface area contributed by atoms with Crippen LogP contribution >= 0.6 is 0 Å². The van der Waals surface area contributed by atoms with Crippen molar-refractivity contribution in [1.29, 1.82) is 0 Å². The van der Waals surface area contributed by atoms with Gasteiger partial charge in [0.15, 0.2) is 0 Å². The number of hydrogen-bond acceptors (Lipinski definition) is 4. The molecule has 6 heteroatoms. The molecule has 0 aromatic heterocycles. The molecular formula is C14H21N3O3. The summed E-state index contributed by atoms with van der Waals surface area (Å²) in [6.07, 6.45) is 0. The first-order chi connectivity index (χ1) is 9.26. The van der Waals surface area contributed by atoms with Crippen molar-refractivity contribution >= 4 is 17.3 Å². The lowest BCUT2D eigenvalue weighted by molar-refractivity contribution is -0.384. The molecule has 0 aliphatic rings. The Morgan fingerprint density at radius 3 is 2.50 bits per heavy atom. The molecule has 1 amide bonds. The van der Waals surface area contributed by atoms with E-state index in [2.05, 4.69) is 10.6 Å². The third kappa shape index (κ3) is 4.22. The molecule has 0 bridgehead atoms. The molecule has 6 nitrogen and oxygen atoms in total. The van der Waals surface area contributed by atoms with Crippen molar-refractivity contribution in [3.63, 3.8) is 0 Å². The molecular weight excluding hydrogens is 258 g/mol. The average Bonchev–Trinajstić information content (AvgIpc) is 2.35. The molecule has 0 aliphatic carbocycles. The molecule has 0 spiro atoms. The predicted molar refractivity (Wildman–Crippen MR) is 79.0 cm³/mol. The van der Waals surface area contributed by atoms with Crippen LogP contribution in [0.2, 0.25) is 0 Å². The molecule has 0 aliphatic heterocycles. The number of para-hydroxylation sites is 1. The second-order valence-corrected chi connectivity index (χ2v) is 5.73. The third-order valence-electron chi connectivity index (χ3n) is 2.61. The zero-order valence-corrected chi connectivity index (χ0v) is 12.3. The summed E-state index contributed by atoms with van der Waals surface area (Å²) in [6.45, 7) is 8.79. The number of nitrogens with one attached hydrogen (secondary N) is 2. The van der Waals surface area contributed by atoms with Gasteiger partial charge in [-0.25, -0.2) is 0 Å². The van der Waals surface area contributed by atoms with Crippen LogP contribution in [0, 0.1) is 15.5 Å². The van der Waals surface area contributed by atoms with Gasteiger partial charge in [0.2, 0.25) is 0 Å². The van der Waals surface area contributed by atoms with Gasteiger partial charge >= 0.3 is 5.69 Å². The Morgan fingerprint density at radius 2 is 2.00 bits per heavy atom. The Hall–Kier alpha value is -2.11. The number of nitro groups is 1. The van der Waals surface area contributed by atoms with E-state index in [9.17, 15) is 14.9 Å². The van der Waals surface area contributed by atoms with Gasteiger partial charge in [0.1, 0.15) is 11.3 Å². The molecule has 1 aromatic rings. The first kappa shape index (κ1) is 15.9. The fraction of sp³-hybridized carbons (Fsp3) is 0.500. The number of carbonyl (C=O) groups excluding carboxylic acids is 1. The Kier molecular flexibility index (Phi) is 5.07. The molecule has 0 unspecified atom stereocenters. The molecule has 110 valence electrons. The normalized spacial score (nSPS) is 11.0. The highest BCUT2D eigenvalue weighted by atomic mass is 16.6. The Morgan fingerprint density at radius 1 is 1.35 bits per heavy atom. The SMILES string of the molecule is CCNc1cccc(C(=O)NCC(C)(C)C)c1[N+](=O)[O-]. The van der Waals surface area contributed by atoms with E-state index in [4.69, 9.17) is 0 Å². The van der Waals surface area contributed by atoms with Gasteiger partial charge in [-0.15, -0.1) is 0 Å². The largest absolute Gasteiger partial charge is 0.380 e. The van der Waals surface area contributed by atoms with Crippen LogP contribution in [0.4, 0.5) is 11.4 Å². The molecule has 0 saturated heterocycles. The van der Waals surface area contributed by atoms with Gasteiger partial charge in [-0.2, -0.15) is 0 Å². The number of carbonyl (C=O) groups is 1. The monoisotopic (exact) mass is 279 g/mol. The highest BCUT2D eigenvalue weighted by Gasteiger charge is 2.24. The number of hydrogen-bond donors (Lipinski definition) is 2. The summed E-state index contributed by atoms with van der Waals surface area (Å²) in [7, 11) is 0. The van der Waals surface area contributed by atoms with E-state index in [1.165, 1.54) is 6.07 Å². The van der Waals surface area contributed by atoms with Crippen molar-refractivity contribution in [3.05, 3.63) is 33.9 Å². The first-order valence-electron chi connectivity index (χ1n) is 6.55. The van der Waals surface area contributed by atoms with Crippen molar-refractivity contribution in [2.24, 2.45) is 5.41 Å². The van der Waals surface area contributed by atoms with Gasteiger partial charge in [0.25, 0.3) is 5.91 Å². The summed E-state index contributed by atoms with van der Waals surface area (Å²) in [5.74, 6) is -0.425. The van der Waals surface area contributed by atoms with Crippen molar-refractivity contribution < 1.29 is 9.72 Å². The maximum atomic E-state index is 12.1. The van der Waals surface area contributed by atoms with Crippen molar-refractivity contribution in [2.45, 2.75) is 27.7 Å². The maximum absolute atomic E-state index is 12.1. The molecule has 1 aromatic carbocycles. The molecule has 1 rings (SSSR count). The van der Waals surface area contributed by atoms with Gasteiger partial charge in [-0.1, -0.05) is 26.8 Å². The lowest BCUT2D eigenvalue weighted by Crippen LogP contribution is -2.32. The summed E-state index contributed by atoms with van der Waals surface area (Å²) >= 11 is 0. The number of anilines is 1. The van der Waals surface area contributed by atoms with E-state index in [0.717, 1.165) is 0 Å². The van der Waals surface area contributed by atoms with Gasteiger partial charge in [-0.05, 0) is 24.5 Å². The van der Waals surface area contributed by atoms with Crippen molar-refractivity contribution in [1.82, 2.24) is 5.32 Å². The smallest absolute Gasteiger partial charge is 0.305 e. The van der Waals surface area contributed by atoms with Crippen LogP contribution in [-0.2, 0) is 0 Å². The van der Waals surface area contributed by atoms with Crippen LogP contribution in [0.1, 0.15) is 38.1 Å². The van der Waals surface area contributed by atoms with E-state index in [1.54, 1.807) is 12.1 Å². The summed E-state index contributed by atoms with van der Waals surface area (Å²) in [5.41, 5.74) is 0.184. The third-order valence-corrected chi connectivity index (χ3v) is 2.61. The van der Waals surface area contributed by atoms with Crippen LogP contribution in [0.15, 0.2) is 18.2 Å². The van der Waals surface area contributed by atoms with Crippen LogP contribution in [0.25, 0.3) is 0 Å². The fourth-order valence-electron chi connectivity index (χ4n) is 1.70. The number of rotatable bonds is 5. The van der Waals surface area contributed by atoms with Gasteiger partial charge < -0.3 is 10.6 Å². The second-order valence-electron chi connectivity index (χ2n) is 5.73. The standard InChI is InChI=1S/C14H21N3O3/c1-5-15-11-8-6-7-10(12(11)17(19)20)13(18)16-9-14(2,3)4/h6-8,15H,5,9H2,1-4H3,(H,16,18). The van der Waals surface area contributed by atoms with Crippen LogP contribution in [0.5, 0.6) is 0 Å². The van der Waals surface area contributed by atoms with E-state index in [-0.39, 0.29) is 16.7 Å². The van der Waals surface area contributed by atoms with Crippen LogP contribution in [-0.4, -0.2) is 23.9 Å². The Bertz CT molecular complexity index is 507. The Balaban J connectivity index is 3.07. The molecule has 0 radical (unpaired) electrons. The molecule has 0 atom stereocenters. The van der Waals surface area contributed by atoms with Crippen LogP contribution in [0.3, 0.4) is 0 Å². The zero-order chi connectivity index (χ0) is 15.3. The highest BCUT2D eigenvalue weighted by Crippen LogP contribution is 2.28. The molecule has 0 saturated carbocycles. The lowest BCUT2D eigenvalue weighted by atomic mass is 9.97.